The van der Waals surface area contributed by atoms with Gasteiger partial charge in [-0.2, -0.15) is 0 Å². The minimum atomic E-state index is -1.63. The van der Waals surface area contributed by atoms with Crippen LogP contribution < -0.4 is 5.11 Å². The predicted molar refractivity (Wildman–Crippen MR) is 379 cm³/mol. The fourth-order valence-electron chi connectivity index (χ4n) is 9.86. The number of allylic oxidation sites excluding steroid dienone is 22. The third-order valence-electron chi connectivity index (χ3n) is 15.4. The van der Waals surface area contributed by atoms with Crippen molar-refractivity contribution >= 4 is 17.9 Å². The summed E-state index contributed by atoms with van der Waals surface area (Å²) in [6.45, 7) is 4.63. The van der Waals surface area contributed by atoms with Gasteiger partial charge in [-0.1, -0.05) is 302 Å². The molecule has 0 saturated heterocycles. The molecule has 89 heavy (non-hydrogen) atoms. The first-order chi connectivity index (χ1) is 43.6. The third-order valence-corrected chi connectivity index (χ3v) is 15.4. The second kappa shape index (κ2) is 69.3. The Morgan fingerprint density at radius 2 is 0.640 bits per heavy atom. The molecule has 0 aromatic heterocycles. The summed E-state index contributed by atoms with van der Waals surface area (Å²) < 4.78 is 22.8. The fraction of sp³-hybridized carbons (Fsp3) is 0.688. The number of hydrogen-bond donors (Lipinski definition) is 0. The summed E-state index contributed by atoms with van der Waals surface area (Å²) in [5.41, 5.74) is 0. The van der Waals surface area contributed by atoms with E-state index in [0.29, 0.717) is 17.4 Å². The number of carboxylic acid groups (broad SMARTS) is 1. The summed E-state index contributed by atoms with van der Waals surface area (Å²) >= 11 is 0. The SMILES string of the molecule is CC/C=C\C/C=C\C/C=C\C/C=C\C/C=C\C/C=C\C/C=C\C/C=C\C/C=C\CCCCCCCCCCCCCC(=O)OC(COC(=O)CCCCCCCCCCCCCCC/C=C\C/C=C\CCCCCCC)COC(OCC[N+](C)(C)C)C(=O)[O-]. The molecular formula is C80H135NO8. The van der Waals surface area contributed by atoms with Gasteiger partial charge in [-0.25, -0.2) is 0 Å². The molecule has 9 heteroatoms. The van der Waals surface area contributed by atoms with Crippen molar-refractivity contribution in [2.45, 2.75) is 309 Å². The quantitative estimate of drug-likeness (QED) is 0.0195. The molecule has 0 aromatic carbocycles. The van der Waals surface area contributed by atoms with Crippen LogP contribution in [0.3, 0.4) is 0 Å². The molecule has 0 amide bonds. The maximum Gasteiger partial charge on any atom is 0.306 e. The zero-order chi connectivity index (χ0) is 64.7. The average molecular weight is 1240 g/mol. The Morgan fingerprint density at radius 3 is 0.955 bits per heavy atom. The summed E-state index contributed by atoms with van der Waals surface area (Å²) in [6, 6.07) is 0. The van der Waals surface area contributed by atoms with Crippen molar-refractivity contribution in [3.63, 3.8) is 0 Å². The molecule has 0 N–H and O–H groups in total. The van der Waals surface area contributed by atoms with Crippen molar-refractivity contribution in [2.75, 3.05) is 47.5 Å². The molecule has 0 aliphatic rings. The van der Waals surface area contributed by atoms with Gasteiger partial charge in [0.25, 0.3) is 0 Å². The Hall–Kier alpha value is -4.57. The van der Waals surface area contributed by atoms with Crippen LogP contribution in [0.2, 0.25) is 0 Å². The van der Waals surface area contributed by atoms with Crippen LogP contribution in [0.4, 0.5) is 0 Å². The van der Waals surface area contributed by atoms with Gasteiger partial charge in [-0.05, 0) is 116 Å². The Morgan fingerprint density at radius 1 is 0.348 bits per heavy atom. The second-order valence-corrected chi connectivity index (χ2v) is 25.1. The van der Waals surface area contributed by atoms with E-state index in [0.717, 1.165) is 109 Å². The number of hydrogen-bond acceptors (Lipinski definition) is 8. The van der Waals surface area contributed by atoms with Gasteiger partial charge in [0.05, 0.1) is 40.3 Å². The van der Waals surface area contributed by atoms with Crippen molar-refractivity contribution < 1.29 is 42.9 Å². The molecule has 0 saturated carbocycles. The lowest BCUT2D eigenvalue weighted by Crippen LogP contribution is -2.44. The number of carbonyl (C=O) groups is 3. The van der Waals surface area contributed by atoms with E-state index in [-0.39, 0.29) is 38.6 Å². The van der Waals surface area contributed by atoms with Crippen LogP contribution in [0.5, 0.6) is 0 Å². The van der Waals surface area contributed by atoms with E-state index in [1.54, 1.807) is 0 Å². The van der Waals surface area contributed by atoms with Gasteiger partial charge in [-0.15, -0.1) is 0 Å². The first-order valence-electron chi connectivity index (χ1n) is 36.3. The standard InChI is InChI=1S/C80H135NO8/c1-6-8-10-12-14-16-18-20-22-24-26-28-30-32-33-34-35-36-37-38-39-40-41-42-43-44-45-47-49-51-53-55-57-59-61-63-65-67-69-71-78(83)89-76(75-88-80(79(84)85)86-73-72-81(3,4)5)74-87-77(82)70-68-66-64-62-60-58-56-54-52-50-48-46-31-29-27-25-23-21-19-17-15-13-11-9-7-2/h8,10,14,16,19-22,25-28,32-33,35-36,38-39,41-42,44-45,76,80H,6-7,9,11-13,15,17-18,23-24,29-31,34,37,40,43,46-75H2,1-5H3/b10-8-,16-14-,21-19-,22-20-,27-25-,28-26-,33-32-,36-35-,39-38-,42-41-,45-44-. The van der Waals surface area contributed by atoms with Crippen molar-refractivity contribution in [1.82, 2.24) is 0 Å². The molecule has 2 atom stereocenters. The van der Waals surface area contributed by atoms with Crippen LogP contribution >= 0.6 is 0 Å². The van der Waals surface area contributed by atoms with Gasteiger partial charge in [0.2, 0.25) is 0 Å². The number of rotatable bonds is 66. The molecule has 0 heterocycles. The van der Waals surface area contributed by atoms with Gasteiger partial charge in [0.1, 0.15) is 13.2 Å². The van der Waals surface area contributed by atoms with Crippen LogP contribution in [0, 0.1) is 0 Å². The molecule has 0 aliphatic carbocycles. The summed E-state index contributed by atoms with van der Waals surface area (Å²) in [4.78, 5) is 37.5. The van der Waals surface area contributed by atoms with Crippen LogP contribution in [-0.4, -0.2) is 82.3 Å². The van der Waals surface area contributed by atoms with Gasteiger partial charge in [0, 0.05) is 12.8 Å². The third kappa shape index (κ3) is 70.7. The lowest BCUT2D eigenvalue weighted by molar-refractivity contribution is -0.870. The fourth-order valence-corrected chi connectivity index (χ4v) is 9.86. The molecule has 0 spiro atoms. The molecule has 0 aromatic rings. The minimum absolute atomic E-state index is 0.142. The Kier molecular flexibility index (Phi) is 65.8. The Labute approximate surface area is 548 Å². The van der Waals surface area contributed by atoms with Crippen molar-refractivity contribution in [3.8, 4) is 0 Å². The normalized spacial score (nSPS) is 13.5. The second-order valence-electron chi connectivity index (χ2n) is 25.1. The molecule has 508 valence electrons. The number of carboxylic acids is 1. The molecule has 0 bridgehead atoms. The maximum atomic E-state index is 12.9. The number of esters is 2. The van der Waals surface area contributed by atoms with Crippen LogP contribution in [0.25, 0.3) is 0 Å². The number of carbonyl (C=O) groups excluding carboxylic acids is 3. The number of likely N-dealkylation sites (N-methyl/N-ethyl adjacent to an activating group) is 1. The molecule has 0 rings (SSSR count). The summed E-state index contributed by atoms with van der Waals surface area (Å²) in [5, 5.41) is 11.8. The summed E-state index contributed by atoms with van der Waals surface area (Å²) in [6.07, 6.45) is 96.7. The number of aliphatic carboxylic acids is 1. The van der Waals surface area contributed by atoms with Crippen molar-refractivity contribution in [2.24, 2.45) is 0 Å². The van der Waals surface area contributed by atoms with E-state index in [9.17, 15) is 19.5 Å². The monoisotopic (exact) mass is 1240 g/mol. The van der Waals surface area contributed by atoms with E-state index in [1.807, 2.05) is 21.1 Å². The Bertz CT molecular complexity index is 1930. The van der Waals surface area contributed by atoms with Gasteiger partial charge < -0.3 is 33.3 Å². The van der Waals surface area contributed by atoms with E-state index in [1.165, 1.54) is 154 Å². The highest BCUT2D eigenvalue weighted by Crippen LogP contribution is 2.17. The molecule has 0 fully saturated rings. The largest absolute Gasteiger partial charge is 0.545 e. The highest BCUT2D eigenvalue weighted by atomic mass is 16.7. The first kappa shape index (κ1) is 84.4. The smallest absolute Gasteiger partial charge is 0.306 e. The van der Waals surface area contributed by atoms with Crippen LogP contribution in [-0.2, 0) is 33.3 Å². The lowest BCUT2D eigenvalue weighted by atomic mass is 10.0. The molecule has 0 radical (unpaired) electrons. The topological polar surface area (TPSA) is 111 Å². The van der Waals surface area contributed by atoms with E-state index in [4.69, 9.17) is 18.9 Å². The van der Waals surface area contributed by atoms with Crippen molar-refractivity contribution in [3.05, 3.63) is 134 Å². The van der Waals surface area contributed by atoms with Crippen molar-refractivity contribution in [1.29, 1.82) is 0 Å². The van der Waals surface area contributed by atoms with Gasteiger partial charge in [-0.3, -0.25) is 9.59 Å². The number of nitrogens with zero attached hydrogens (tertiary/aromatic N) is 1. The molecular weight excluding hydrogens is 1100 g/mol. The van der Waals surface area contributed by atoms with E-state index in [2.05, 4.69) is 148 Å². The number of ether oxygens (including phenoxy) is 4. The van der Waals surface area contributed by atoms with Gasteiger partial charge >= 0.3 is 11.9 Å². The molecule has 2 unspecified atom stereocenters. The first-order valence-corrected chi connectivity index (χ1v) is 36.3. The number of quaternary nitrogens is 1. The van der Waals surface area contributed by atoms with Crippen LogP contribution in [0.15, 0.2) is 134 Å². The Balaban J connectivity index is 4.13. The van der Waals surface area contributed by atoms with E-state index < -0.39 is 24.3 Å². The zero-order valence-electron chi connectivity index (χ0n) is 58.0. The highest BCUT2D eigenvalue weighted by molar-refractivity contribution is 5.70. The van der Waals surface area contributed by atoms with Crippen LogP contribution in [0.1, 0.15) is 296 Å². The predicted octanol–water partition coefficient (Wildman–Crippen LogP) is 21.6. The zero-order valence-corrected chi connectivity index (χ0v) is 58.0. The summed E-state index contributed by atoms with van der Waals surface area (Å²) in [7, 11) is 5.93. The lowest BCUT2D eigenvalue weighted by Gasteiger charge is -2.26. The summed E-state index contributed by atoms with van der Waals surface area (Å²) in [5.74, 6) is -2.29. The highest BCUT2D eigenvalue weighted by Gasteiger charge is 2.22. The number of unbranched alkanes of at least 4 members (excludes halogenated alkanes) is 29. The average Bonchev–Trinajstić information content (AvgIpc) is 3.64. The minimum Gasteiger partial charge on any atom is -0.545 e. The maximum absolute atomic E-state index is 12.9. The van der Waals surface area contributed by atoms with Gasteiger partial charge in [0.15, 0.2) is 12.4 Å². The molecule has 9 nitrogen and oxygen atoms in total. The molecule has 0 aliphatic heterocycles. The van der Waals surface area contributed by atoms with E-state index >= 15 is 0 Å².